The number of halogens is 1. The Morgan fingerprint density at radius 3 is 2.21 bits per heavy atom. The molecule has 6 nitrogen and oxygen atoms in total. The van der Waals surface area contributed by atoms with Crippen LogP contribution in [0.25, 0.3) is 0 Å². The maximum atomic E-state index is 13.1. The van der Waals surface area contributed by atoms with Crippen molar-refractivity contribution >= 4 is 23.4 Å². The number of benzene rings is 2. The smallest absolute Gasteiger partial charge is 0.269 e. The summed E-state index contributed by atoms with van der Waals surface area (Å²) in [6.07, 6.45) is 0.0271. The Hall–Kier alpha value is -3.22. The molecular formula is C22H24FN3O3. The third-order valence-electron chi connectivity index (χ3n) is 4.95. The summed E-state index contributed by atoms with van der Waals surface area (Å²) in [6, 6.07) is 12.7. The van der Waals surface area contributed by atoms with Crippen LogP contribution in [0.1, 0.15) is 43.1 Å². The van der Waals surface area contributed by atoms with Crippen molar-refractivity contribution in [2.75, 3.05) is 11.4 Å². The minimum atomic E-state index is -0.601. The van der Waals surface area contributed by atoms with Gasteiger partial charge in [0, 0.05) is 24.2 Å². The van der Waals surface area contributed by atoms with Crippen LogP contribution in [0.15, 0.2) is 48.5 Å². The van der Waals surface area contributed by atoms with E-state index in [2.05, 4.69) is 31.6 Å². The number of hydrogen-bond donors (Lipinski definition) is 2. The lowest BCUT2D eigenvalue weighted by Gasteiger charge is -2.19. The molecule has 1 aliphatic heterocycles. The molecule has 0 aromatic heterocycles. The van der Waals surface area contributed by atoms with Crippen LogP contribution in [0, 0.1) is 11.7 Å². The molecule has 0 aliphatic carbocycles. The lowest BCUT2D eigenvalue weighted by molar-refractivity contribution is -0.126. The van der Waals surface area contributed by atoms with Crippen molar-refractivity contribution in [2.24, 2.45) is 5.92 Å². The molecule has 0 saturated carbocycles. The maximum Gasteiger partial charge on any atom is 0.269 e. The highest BCUT2D eigenvalue weighted by Gasteiger charge is 2.35. The highest BCUT2D eigenvalue weighted by atomic mass is 19.1. The summed E-state index contributed by atoms with van der Waals surface area (Å²) < 4.78 is 13.1. The van der Waals surface area contributed by atoms with Gasteiger partial charge in [0.1, 0.15) is 5.82 Å². The van der Waals surface area contributed by atoms with E-state index in [1.807, 2.05) is 12.1 Å². The van der Waals surface area contributed by atoms with Gasteiger partial charge in [0.2, 0.25) is 11.8 Å². The molecule has 3 amide bonds. The van der Waals surface area contributed by atoms with Crippen molar-refractivity contribution in [2.45, 2.75) is 32.6 Å². The van der Waals surface area contributed by atoms with E-state index in [9.17, 15) is 18.8 Å². The second-order valence-electron chi connectivity index (χ2n) is 8.15. The van der Waals surface area contributed by atoms with Gasteiger partial charge in [0.25, 0.3) is 5.91 Å². The molecule has 1 saturated heterocycles. The summed E-state index contributed by atoms with van der Waals surface area (Å²) in [5.41, 5.74) is 6.83. The highest BCUT2D eigenvalue weighted by Crippen LogP contribution is 2.25. The molecule has 0 spiro atoms. The number of hydrazine groups is 1. The van der Waals surface area contributed by atoms with E-state index in [0.717, 1.165) is 5.56 Å². The van der Waals surface area contributed by atoms with Crippen LogP contribution in [0.5, 0.6) is 0 Å². The lowest BCUT2D eigenvalue weighted by Crippen LogP contribution is -2.45. The fourth-order valence-electron chi connectivity index (χ4n) is 3.17. The average molecular weight is 397 g/mol. The van der Waals surface area contributed by atoms with Gasteiger partial charge in [-0.2, -0.15) is 0 Å². The van der Waals surface area contributed by atoms with E-state index >= 15 is 0 Å². The number of carbonyl (C=O) groups is 3. The maximum absolute atomic E-state index is 13.1. The Labute approximate surface area is 169 Å². The fourth-order valence-corrected chi connectivity index (χ4v) is 3.17. The first kappa shape index (κ1) is 20.5. The highest BCUT2D eigenvalue weighted by molar-refractivity contribution is 6.01. The van der Waals surface area contributed by atoms with Crippen molar-refractivity contribution in [1.29, 1.82) is 0 Å². The monoisotopic (exact) mass is 397 g/mol. The molecule has 1 heterocycles. The molecule has 0 unspecified atom stereocenters. The summed E-state index contributed by atoms with van der Waals surface area (Å²) in [4.78, 5) is 38.3. The molecule has 1 aliphatic rings. The fraction of sp³-hybridized carbons (Fsp3) is 0.318. The van der Waals surface area contributed by atoms with Crippen molar-refractivity contribution < 1.29 is 18.8 Å². The van der Waals surface area contributed by atoms with Crippen LogP contribution >= 0.6 is 0 Å². The van der Waals surface area contributed by atoms with Crippen LogP contribution in [0.2, 0.25) is 0 Å². The predicted molar refractivity (Wildman–Crippen MR) is 108 cm³/mol. The normalized spacial score (nSPS) is 16.6. The van der Waals surface area contributed by atoms with Gasteiger partial charge in [-0.3, -0.25) is 25.2 Å². The molecule has 1 atom stereocenters. The molecule has 2 N–H and O–H groups in total. The molecule has 3 rings (SSSR count). The molecule has 0 radical (unpaired) electrons. The van der Waals surface area contributed by atoms with E-state index in [1.54, 1.807) is 12.1 Å². The molecule has 1 fully saturated rings. The first-order valence-corrected chi connectivity index (χ1v) is 9.42. The molecule has 152 valence electrons. The van der Waals surface area contributed by atoms with E-state index in [4.69, 9.17) is 0 Å². The van der Waals surface area contributed by atoms with Crippen molar-refractivity contribution in [3.63, 3.8) is 0 Å². The number of hydrogen-bond acceptors (Lipinski definition) is 3. The van der Waals surface area contributed by atoms with E-state index in [0.29, 0.717) is 11.3 Å². The number of carbonyl (C=O) groups excluding carboxylic acids is 3. The van der Waals surface area contributed by atoms with Crippen molar-refractivity contribution in [3.05, 3.63) is 65.5 Å². The zero-order valence-electron chi connectivity index (χ0n) is 16.7. The van der Waals surface area contributed by atoms with Gasteiger partial charge >= 0.3 is 0 Å². The first-order valence-electron chi connectivity index (χ1n) is 9.42. The summed E-state index contributed by atoms with van der Waals surface area (Å²) in [7, 11) is 0. The number of nitrogens with zero attached hydrogens (tertiary/aromatic N) is 1. The third kappa shape index (κ3) is 4.80. The minimum absolute atomic E-state index is 0.0192. The number of anilines is 1. The van der Waals surface area contributed by atoms with Crippen molar-refractivity contribution in [1.82, 2.24) is 10.9 Å². The second-order valence-corrected chi connectivity index (χ2v) is 8.15. The first-order chi connectivity index (χ1) is 13.6. The zero-order valence-corrected chi connectivity index (χ0v) is 16.7. The Morgan fingerprint density at radius 2 is 1.62 bits per heavy atom. The largest absolute Gasteiger partial charge is 0.312 e. The number of rotatable bonds is 3. The van der Waals surface area contributed by atoms with Crippen LogP contribution in [-0.4, -0.2) is 24.3 Å². The van der Waals surface area contributed by atoms with Crippen LogP contribution in [0.3, 0.4) is 0 Å². The average Bonchev–Trinajstić information content (AvgIpc) is 3.07. The quantitative estimate of drug-likeness (QED) is 0.782. The summed E-state index contributed by atoms with van der Waals surface area (Å²) in [6.45, 7) is 6.42. The van der Waals surface area contributed by atoms with E-state index < -0.39 is 23.5 Å². The summed E-state index contributed by atoms with van der Waals surface area (Å²) in [5, 5.41) is 0. The second kappa shape index (κ2) is 8.03. The van der Waals surface area contributed by atoms with Gasteiger partial charge in [-0.05, 0) is 47.4 Å². The van der Waals surface area contributed by atoms with Gasteiger partial charge in [0.05, 0.1) is 5.92 Å². The standard InChI is InChI=1S/C22H24FN3O3/c1-22(2,3)16-6-4-14(5-7-16)20(28)24-25-21(29)15-12-19(27)26(13-15)18-10-8-17(23)9-11-18/h4-11,15H,12-13H2,1-3H3,(H,24,28)(H,25,29)/t15-/m1/s1. The third-order valence-corrected chi connectivity index (χ3v) is 4.95. The van der Waals surface area contributed by atoms with Crippen molar-refractivity contribution in [3.8, 4) is 0 Å². The Balaban J connectivity index is 1.56. The number of nitrogens with one attached hydrogen (secondary N) is 2. The Morgan fingerprint density at radius 1 is 1.00 bits per heavy atom. The predicted octanol–water partition coefficient (Wildman–Crippen LogP) is 2.94. The van der Waals surface area contributed by atoms with Gasteiger partial charge < -0.3 is 4.90 Å². The van der Waals surface area contributed by atoms with Gasteiger partial charge in [-0.1, -0.05) is 32.9 Å². The Bertz CT molecular complexity index is 918. The van der Waals surface area contributed by atoms with Gasteiger partial charge in [0.15, 0.2) is 0 Å². The molecule has 2 aromatic carbocycles. The Kier molecular flexibility index (Phi) is 5.68. The van der Waals surface area contributed by atoms with E-state index in [1.165, 1.54) is 29.2 Å². The molecule has 0 bridgehead atoms. The molecule has 7 heteroatoms. The molecular weight excluding hydrogens is 373 g/mol. The number of amides is 3. The van der Waals surface area contributed by atoms with Crippen LogP contribution in [0.4, 0.5) is 10.1 Å². The summed E-state index contributed by atoms with van der Waals surface area (Å²) in [5.74, 6) is -2.09. The lowest BCUT2D eigenvalue weighted by atomic mass is 9.87. The molecule has 2 aromatic rings. The summed E-state index contributed by atoms with van der Waals surface area (Å²) >= 11 is 0. The van der Waals surface area contributed by atoms with Crippen LogP contribution in [-0.2, 0) is 15.0 Å². The van der Waals surface area contributed by atoms with Crippen LogP contribution < -0.4 is 15.8 Å². The topological polar surface area (TPSA) is 78.5 Å². The minimum Gasteiger partial charge on any atom is -0.312 e. The van der Waals surface area contributed by atoms with Gasteiger partial charge in [-0.25, -0.2) is 4.39 Å². The zero-order chi connectivity index (χ0) is 21.2. The van der Waals surface area contributed by atoms with Gasteiger partial charge in [-0.15, -0.1) is 0 Å². The van der Waals surface area contributed by atoms with E-state index in [-0.39, 0.29) is 24.3 Å². The SMILES string of the molecule is CC(C)(C)c1ccc(C(=O)NNC(=O)[C@@H]2CC(=O)N(c3ccc(F)cc3)C2)cc1. The molecule has 29 heavy (non-hydrogen) atoms.